The molecule has 22 heavy (non-hydrogen) atoms. The summed E-state index contributed by atoms with van der Waals surface area (Å²) in [5, 5.41) is 14.5. The standard InChI is InChI=1S/C15H18FN5O/c1-10-8-17-7-6-13(10)19-15(22)14-9-18-21(20-14)12-4-2-11(16)3-5-12/h2-5,9-10,13,17H,6-8H2,1H3,(H,19,22). The second-order valence-corrected chi connectivity index (χ2v) is 5.55. The number of nitrogens with one attached hydrogen (secondary N) is 2. The van der Waals surface area contributed by atoms with E-state index in [-0.39, 0.29) is 23.5 Å². The smallest absolute Gasteiger partial charge is 0.273 e. The monoisotopic (exact) mass is 303 g/mol. The fraction of sp³-hybridized carbons (Fsp3) is 0.400. The minimum atomic E-state index is -0.325. The zero-order valence-electron chi connectivity index (χ0n) is 12.3. The minimum Gasteiger partial charge on any atom is -0.347 e. The molecular formula is C15H18FN5O. The highest BCUT2D eigenvalue weighted by Crippen LogP contribution is 2.11. The second kappa shape index (κ2) is 6.23. The number of benzene rings is 1. The average Bonchev–Trinajstić information content (AvgIpc) is 3.00. The molecule has 3 rings (SSSR count). The number of halogens is 1. The summed E-state index contributed by atoms with van der Waals surface area (Å²) in [6.07, 6.45) is 2.32. The van der Waals surface area contributed by atoms with Crippen LogP contribution in [0.15, 0.2) is 30.5 Å². The molecule has 0 aliphatic carbocycles. The Morgan fingerprint density at radius 1 is 1.41 bits per heavy atom. The van der Waals surface area contributed by atoms with Gasteiger partial charge in [0.15, 0.2) is 5.69 Å². The first-order chi connectivity index (χ1) is 10.6. The number of hydrogen-bond donors (Lipinski definition) is 2. The number of aromatic nitrogens is 3. The van der Waals surface area contributed by atoms with Crippen molar-refractivity contribution in [2.75, 3.05) is 13.1 Å². The van der Waals surface area contributed by atoms with E-state index < -0.39 is 0 Å². The number of hydrogen-bond acceptors (Lipinski definition) is 4. The maximum Gasteiger partial charge on any atom is 0.273 e. The zero-order valence-corrected chi connectivity index (χ0v) is 12.3. The van der Waals surface area contributed by atoms with Crippen molar-refractivity contribution >= 4 is 5.91 Å². The molecule has 116 valence electrons. The quantitative estimate of drug-likeness (QED) is 0.892. The van der Waals surface area contributed by atoms with Crippen LogP contribution < -0.4 is 10.6 Å². The molecule has 1 aromatic heterocycles. The lowest BCUT2D eigenvalue weighted by molar-refractivity contribution is 0.0908. The van der Waals surface area contributed by atoms with Gasteiger partial charge in [0.25, 0.3) is 5.91 Å². The fourth-order valence-corrected chi connectivity index (χ4v) is 2.54. The molecule has 0 spiro atoms. The Kier molecular flexibility index (Phi) is 4.15. The predicted molar refractivity (Wildman–Crippen MR) is 79.2 cm³/mol. The van der Waals surface area contributed by atoms with E-state index in [4.69, 9.17) is 0 Å². The molecule has 2 aromatic rings. The van der Waals surface area contributed by atoms with E-state index in [9.17, 15) is 9.18 Å². The van der Waals surface area contributed by atoms with Gasteiger partial charge in [-0.15, -0.1) is 5.10 Å². The van der Waals surface area contributed by atoms with E-state index in [1.165, 1.54) is 23.1 Å². The highest BCUT2D eigenvalue weighted by molar-refractivity contribution is 5.92. The van der Waals surface area contributed by atoms with E-state index >= 15 is 0 Å². The van der Waals surface area contributed by atoms with Gasteiger partial charge in [-0.1, -0.05) is 6.92 Å². The predicted octanol–water partition coefficient (Wildman–Crippen LogP) is 1.13. The largest absolute Gasteiger partial charge is 0.347 e. The molecule has 2 N–H and O–H groups in total. The Labute approximate surface area is 127 Å². The van der Waals surface area contributed by atoms with Crippen LogP contribution in [0.3, 0.4) is 0 Å². The first-order valence-corrected chi connectivity index (χ1v) is 7.33. The normalized spacial score (nSPS) is 21.5. The van der Waals surface area contributed by atoms with Gasteiger partial charge >= 0.3 is 0 Å². The molecule has 2 atom stereocenters. The summed E-state index contributed by atoms with van der Waals surface area (Å²) in [4.78, 5) is 13.6. The van der Waals surface area contributed by atoms with E-state index in [0.29, 0.717) is 11.6 Å². The van der Waals surface area contributed by atoms with Gasteiger partial charge < -0.3 is 10.6 Å². The van der Waals surface area contributed by atoms with Gasteiger partial charge in [-0.3, -0.25) is 4.79 Å². The molecular weight excluding hydrogens is 285 g/mol. The second-order valence-electron chi connectivity index (χ2n) is 5.55. The van der Waals surface area contributed by atoms with Crippen LogP contribution in [0.2, 0.25) is 0 Å². The Hall–Kier alpha value is -2.28. The fourth-order valence-electron chi connectivity index (χ4n) is 2.54. The van der Waals surface area contributed by atoms with E-state index in [2.05, 4.69) is 27.8 Å². The highest BCUT2D eigenvalue weighted by atomic mass is 19.1. The van der Waals surface area contributed by atoms with Crippen molar-refractivity contribution in [1.82, 2.24) is 25.6 Å². The van der Waals surface area contributed by atoms with Crippen LogP contribution >= 0.6 is 0 Å². The van der Waals surface area contributed by atoms with Crippen LogP contribution in [-0.2, 0) is 0 Å². The maximum absolute atomic E-state index is 12.9. The highest BCUT2D eigenvalue weighted by Gasteiger charge is 2.24. The zero-order chi connectivity index (χ0) is 15.5. The van der Waals surface area contributed by atoms with E-state index in [0.717, 1.165) is 19.5 Å². The van der Waals surface area contributed by atoms with Crippen molar-refractivity contribution < 1.29 is 9.18 Å². The first kappa shape index (κ1) is 14.6. The third-order valence-corrected chi connectivity index (χ3v) is 3.88. The minimum absolute atomic E-state index is 0.143. The average molecular weight is 303 g/mol. The number of carbonyl (C=O) groups excluding carboxylic acids is 1. The number of rotatable bonds is 3. The van der Waals surface area contributed by atoms with Crippen LogP contribution in [0.4, 0.5) is 4.39 Å². The Bertz CT molecular complexity index is 654. The molecule has 1 aromatic carbocycles. The summed E-state index contributed by atoms with van der Waals surface area (Å²) in [6, 6.07) is 5.92. The molecule has 0 bridgehead atoms. The lowest BCUT2D eigenvalue weighted by Gasteiger charge is -2.29. The van der Waals surface area contributed by atoms with Crippen molar-refractivity contribution in [1.29, 1.82) is 0 Å². The molecule has 2 unspecified atom stereocenters. The molecule has 0 radical (unpaired) electrons. The summed E-state index contributed by atoms with van der Waals surface area (Å²) < 4.78 is 12.9. The molecule has 0 saturated carbocycles. The van der Waals surface area contributed by atoms with Crippen LogP contribution in [-0.4, -0.2) is 40.0 Å². The molecule has 1 saturated heterocycles. The molecule has 1 aliphatic heterocycles. The molecule has 1 amide bonds. The van der Waals surface area contributed by atoms with Crippen LogP contribution in [0.5, 0.6) is 0 Å². The van der Waals surface area contributed by atoms with Crippen molar-refractivity contribution in [2.24, 2.45) is 5.92 Å². The van der Waals surface area contributed by atoms with Crippen LogP contribution in [0.1, 0.15) is 23.8 Å². The van der Waals surface area contributed by atoms with Gasteiger partial charge in [0.05, 0.1) is 11.9 Å². The maximum atomic E-state index is 12.9. The molecule has 1 aliphatic rings. The first-order valence-electron chi connectivity index (χ1n) is 7.33. The number of nitrogens with zero attached hydrogens (tertiary/aromatic N) is 3. The van der Waals surface area contributed by atoms with Gasteiger partial charge in [-0.05, 0) is 49.7 Å². The molecule has 6 nitrogen and oxygen atoms in total. The number of piperidine rings is 1. The summed E-state index contributed by atoms with van der Waals surface area (Å²) in [5.74, 6) is -0.175. The Morgan fingerprint density at radius 2 is 2.18 bits per heavy atom. The lowest BCUT2D eigenvalue weighted by atomic mass is 9.95. The van der Waals surface area contributed by atoms with Crippen molar-refractivity contribution in [2.45, 2.75) is 19.4 Å². The van der Waals surface area contributed by atoms with Gasteiger partial charge in [0.1, 0.15) is 5.82 Å². The summed E-state index contributed by atoms with van der Waals surface area (Å²) >= 11 is 0. The number of carbonyl (C=O) groups is 1. The van der Waals surface area contributed by atoms with Crippen LogP contribution in [0, 0.1) is 11.7 Å². The summed E-state index contributed by atoms with van der Waals surface area (Å²) in [5.41, 5.74) is 0.866. The summed E-state index contributed by atoms with van der Waals surface area (Å²) in [6.45, 7) is 3.90. The van der Waals surface area contributed by atoms with Crippen molar-refractivity contribution in [3.63, 3.8) is 0 Å². The molecule has 7 heteroatoms. The SMILES string of the molecule is CC1CNCCC1NC(=O)c1cnn(-c2ccc(F)cc2)n1. The van der Waals surface area contributed by atoms with Gasteiger partial charge in [0, 0.05) is 6.04 Å². The van der Waals surface area contributed by atoms with Crippen molar-refractivity contribution in [3.05, 3.63) is 42.0 Å². The van der Waals surface area contributed by atoms with E-state index in [1.54, 1.807) is 12.1 Å². The van der Waals surface area contributed by atoms with Gasteiger partial charge in [-0.2, -0.15) is 9.90 Å². The lowest BCUT2D eigenvalue weighted by Crippen LogP contribution is -2.48. The molecule has 2 heterocycles. The summed E-state index contributed by atoms with van der Waals surface area (Å²) in [7, 11) is 0. The topological polar surface area (TPSA) is 71.8 Å². The van der Waals surface area contributed by atoms with Gasteiger partial charge in [-0.25, -0.2) is 4.39 Å². The number of amides is 1. The third kappa shape index (κ3) is 3.14. The Balaban J connectivity index is 1.70. The van der Waals surface area contributed by atoms with Crippen LogP contribution in [0.25, 0.3) is 5.69 Å². The van der Waals surface area contributed by atoms with Gasteiger partial charge in [0.2, 0.25) is 0 Å². The van der Waals surface area contributed by atoms with E-state index in [1.807, 2.05) is 0 Å². The Morgan fingerprint density at radius 3 is 2.91 bits per heavy atom. The third-order valence-electron chi connectivity index (χ3n) is 3.88. The van der Waals surface area contributed by atoms with Crippen molar-refractivity contribution in [3.8, 4) is 5.69 Å². The molecule has 1 fully saturated rings.